The monoisotopic (exact) mass is 691 g/mol. The Morgan fingerprint density at radius 1 is 0.875 bits per heavy atom. The molecule has 0 spiro atoms. The van der Waals surface area contributed by atoms with Crippen molar-refractivity contribution in [2.24, 2.45) is 0 Å². The molecule has 2 atom stereocenters. The van der Waals surface area contributed by atoms with E-state index in [0.29, 0.717) is 22.8 Å². The molecule has 48 heavy (non-hydrogen) atoms. The molecule has 0 unspecified atom stereocenters. The van der Waals surface area contributed by atoms with Crippen LogP contribution in [0.4, 0.5) is 5.69 Å². The normalized spacial score (nSPS) is 12.5. The summed E-state index contributed by atoms with van der Waals surface area (Å²) in [7, 11) is -1.37. The quantitative estimate of drug-likeness (QED) is 0.154. The van der Waals surface area contributed by atoms with Crippen LogP contribution >= 0.6 is 11.6 Å². The molecule has 1 N–H and O–H groups in total. The minimum Gasteiger partial charge on any atom is -0.493 e. The average Bonchev–Trinajstić information content (AvgIpc) is 3.09. The first-order valence-electron chi connectivity index (χ1n) is 15.7. The summed E-state index contributed by atoms with van der Waals surface area (Å²) in [6.45, 7) is 5.06. The number of hydrogen-bond donors (Lipinski definition) is 1. The van der Waals surface area contributed by atoms with Gasteiger partial charge in [-0.1, -0.05) is 84.8 Å². The maximum absolute atomic E-state index is 14.7. The molecule has 0 radical (unpaired) electrons. The third kappa shape index (κ3) is 8.87. The number of nitrogens with zero attached hydrogens (tertiary/aromatic N) is 2. The second-order valence-corrected chi connectivity index (χ2v) is 13.8. The molecule has 4 rings (SSSR count). The molecule has 0 fully saturated rings. The third-order valence-electron chi connectivity index (χ3n) is 8.11. The highest BCUT2D eigenvalue weighted by molar-refractivity contribution is 7.92. The van der Waals surface area contributed by atoms with Crippen molar-refractivity contribution in [3.63, 3.8) is 0 Å². The zero-order valence-corrected chi connectivity index (χ0v) is 29.4. The van der Waals surface area contributed by atoms with Gasteiger partial charge in [0.05, 0.1) is 24.8 Å². The predicted octanol–water partition coefficient (Wildman–Crippen LogP) is 6.42. The molecular weight excluding hydrogens is 650 g/mol. The van der Waals surface area contributed by atoms with Gasteiger partial charge in [0.15, 0.2) is 11.5 Å². The van der Waals surface area contributed by atoms with E-state index in [2.05, 4.69) is 5.32 Å². The van der Waals surface area contributed by atoms with Crippen molar-refractivity contribution < 1.29 is 27.5 Å². The standard InChI is InChI=1S/C37H42ClN3O6S/c1-6-27(3)39-37(43)33(22-28-12-8-7-9-13-28)40(24-29-14-10-11-15-32(29)38)36(42)25-41(30-18-21-34(46-4)35(23-30)47-5)48(44,45)31-19-16-26(2)17-20-31/h7-21,23,27,33H,6,22,24-25H2,1-5H3,(H,39,43)/t27-,33+/m0/s1. The van der Waals surface area contributed by atoms with Gasteiger partial charge in [-0.15, -0.1) is 0 Å². The van der Waals surface area contributed by atoms with Gasteiger partial charge in [0.2, 0.25) is 11.8 Å². The van der Waals surface area contributed by atoms with E-state index in [1.807, 2.05) is 51.1 Å². The maximum Gasteiger partial charge on any atom is 0.264 e. The summed E-state index contributed by atoms with van der Waals surface area (Å²) < 4.78 is 40.6. The zero-order chi connectivity index (χ0) is 34.8. The highest BCUT2D eigenvalue weighted by Crippen LogP contribution is 2.34. The lowest BCUT2D eigenvalue weighted by atomic mass is 10.0. The molecule has 0 saturated carbocycles. The van der Waals surface area contributed by atoms with Crippen molar-refractivity contribution in [1.82, 2.24) is 10.2 Å². The number of methoxy groups -OCH3 is 2. The van der Waals surface area contributed by atoms with Crippen LogP contribution in [-0.4, -0.2) is 58.0 Å². The predicted molar refractivity (Wildman–Crippen MR) is 189 cm³/mol. The van der Waals surface area contributed by atoms with Crippen LogP contribution in [0.1, 0.15) is 37.0 Å². The molecule has 11 heteroatoms. The molecule has 9 nitrogen and oxygen atoms in total. The summed E-state index contributed by atoms with van der Waals surface area (Å²) in [5.41, 5.74) is 2.51. The summed E-state index contributed by atoms with van der Waals surface area (Å²) in [6, 6.07) is 26.3. The van der Waals surface area contributed by atoms with E-state index >= 15 is 0 Å². The molecule has 0 aromatic heterocycles. The van der Waals surface area contributed by atoms with Crippen LogP contribution in [0.25, 0.3) is 0 Å². The lowest BCUT2D eigenvalue weighted by Gasteiger charge is -2.34. The van der Waals surface area contributed by atoms with Crippen LogP contribution < -0.4 is 19.1 Å². The molecule has 4 aromatic carbocycles. The summed E-state index contributed by atoms with van der Waals surface area (Å²) in [5, 5.41) is 3.45. The second kappa shape index (κ2) is 16.5. The number of hydrogen-bond acceptors (Lipinski definition) is 6. The fraction of sp³-hybridized carbons (Fsp3) is 0.297. The molecule has 2 amide bonds. The topological polar surface area (TPSA) is 105 Å². The van der Waals surface area contributed by atoms with Gasteiger partial charge in [0, 0.05) is 30.1 Å². The summed E-state index contributed by atoms with van der Waals surface area (Å²) in [5.74, 6) is -0.270. The molecule has 0 aliphatic heterocycles. The smallest absolute Gasteiger partial charge is 0.264 e. The number of rotatable bonds is 15. The first-order chi connectivity index (χ1) is 23.0. The average molecular weight is 692 g/mol. The van der Waals surface area contributed by atoms with E-state index in [-0.39, 0.29) is 41.2 Å². The minimum absolute atomic E-state index is 0.00341. The Balaban J connectivity index is 1.86. The van der Waals surface area contributed by atoms with Crippen molar-refractivity contribution in [2.45, 2.75) is 57.1 Å². The number of aryl methyl sites for hydroxylation is 1. The van der Waals surface area contributed by atoms with Crippen molar-refractivity contribution in [3.05, 3.63) is 119 Å². The number of amides is 2. The molecule has 0 aliphatic carbocycles. The van der Waals surface area contributed by atoms with Crippen LogP contribution in [0.5, 0.6) is 11.5 Å². The molecule has 0 bridgehead atoms. The van der Waals surface area contributed by atoms with E-state index < -0.39 is 28.5 Å². The number of nitrogens with one attached hydrogen (secondary N) is 1. The van der Waals surface area contributed by atoms with Gasteiger partial charge in [0.25, 0.3) is 10.0 Å². The number of carbonyl (C=O) groups is 2. The number of halogens is 1. The minimum atomic E-state index is -4.29. The van der Waals surface area contributed by atoms with Gasteiger partial charge in [-0.05, 0) is 61.7 Å². The largest absolute Gasteiger partial charge is 0.493 e. The van der Waals surface area contributed by atoms with Gasteiger partial charge >= 0.3 is 0 Å². The molecular formula is C37H42ClN3O6S. The second-order valence-electron chi connectivity index (χ2n) is 11.5. The van der Waals surface area contributed by atoms with Crippen molar-refractivity contribution in [2.75, 3.05) is 25.1 Å². The Morgan fingerprint density at radius 2 is 1.52 bits per heavy atom. The number of carbonyl (C=O) groups excluding carboxylic acids is 2. The fourth-order valence-corrected chi connectivity index (χ4v) is 6.75. The van der Waals surface area contributed by atoms with Gasteiger partial charge in [-0.25, -0.2) is 8.42 Å². The first-order valence-corrected chi connectivity index (χ1v) is 17.5. The van der Waals surface area contributed by atoms with Crippen LogP contribution in [0.3, 0.4) is 0 Å². The Hall–Kier alpha value is -4.54. The lowest BCUT2D eigenvalue weighted by molar-refractivity contribution is -0.140. The number of benzene rings is 4. The van der Waals surface area contributed by atoms with Gasteiger partial charge < -0.3 is 19.7 Å². The van der Waals surface area contributed by atoms with Crippen LogP contribution in [0.15, 0.2) is 102 Å². The summed E-state index contributed by atoms with van der Waals surface area (Å²) >= 11 is 6.58. The van der Waals surface area contributed by atoms with E-state index in [4.69, 9.17) is 21.1 Å². The lowest BCUT2D eigenvalue weighted by Crippen LogP contribution is -2.54. The van der Waals surface area contributed by atoms with E-state index in [9.17, 15) is 18.0 Å². The zero-order valence-electron chi connectivity index (χ0n) is 27.9. The Bertz CT molecular complexity index is 1800. The molecule has 0 heterocycles. The van der Waals surface area contributed by atoms with Crippen LogP contribution in [0.2, 0.25) is 5.02 Å². The Morgan fingerprint density at radius 3 is 2.15 bits per heavy atom. The number of sulfonamides is 1. The highest BCUT2D eigenvalue weighted by atomic mass is 35.5. The molecule has 4 aromatic rings. The van der Waals surface area contributed by atoms with E-state index in [0.717, 1.165) is 15.4 Å². The van der Waals surface area contributed by atoms with E-state index in [1.54, 1.807) is 48.5 Å². The van der Waals surface area contributed by atoms with Crippen LogP contribution in [-0.2, 0) is 32.6 Å². The molecule has 0 aliphatic rings. The SMILES string of the molecule is CC[C@H](C)NC(=O)[C@@H](Cc1ccccc1)N(Cc1ccccc1Cl)C(=O)CN(c1ccc(OC)c(OC)c1)S(=O)(=O)c1ccc(C)cc1. The fourth-order valence-electron chi connectivity index (χ4n) is 5.15. The van der Waals surface area contributed by atoms with Gasteiger partial charge in [-0.2, -0.15) is 0 Å². The van der Waals surface area contributed by atoms with Crippen molar-refractivity contribution in [1.29, 1.82) is 0 Å². The third-order valence-corrected chi connectivity index (χ3v) is 10.3. The number of ether oxygens (including phenoxy) is 2. The molecule has 254 valence electrons. The van der Waals surface area contributed by atoms with Gasteiger partial charge in [0.1, 0.15) is 12.6 Å². The van der Waals surface area contributed by atoms with Gasteiger partial charge in [-0.3, -0.25) is 13.9 Å². The molecule has 0 saturated heterocycles. The van der Waals surface area contributed by atoms with E-state index in [1.165, 1.54) is 37.3 Å². The van der Waals surface area contributed by atoms with Crippen LogP contribution in [0, 0.1) is 6.92 Å². The van der Waals surface area contributed by atoms with Crippen molar-refractivity contribution in [3.8, 4) is 11.5 Å². The Labute approximate surface area is 288 Å². The number of anilines is 1. The summed E-state index contributed by atoms with van der Waals surface area (Å²) in [6.07, 6.45) is 0.879. The summed E-state index contributed by atoms with van der Waals surface area (Å²) in [4.78, 5) is 30.1. The van der Waals surface area contributed by atoms with Crippen molar-refractivity contribution >= 4 is 39.1 Å². The maximum atomic E-state index is 14.7. The first kappa shape index (κ1) is 36.3. The Kier molecular flexibility index (Phi) is 12.5. The highest BCUT2D eigenvalue weighted by Gasteiger charge is 2.35.